The maximum absolute atomic E-state index is 13.0. The fourth-order valence-corrected chi connectivity index (χ4v) is 2.79. The molecule has 5 nitrogen and oxygen atoms in total. The van der Waals surface area contributed by atoms with Gasteiger partial charge in [0, 0.05) is 0 Å². The second-order valence-electron chi connectivity index (χ2n) is 4.84. The van der Waals surface area contributed by atoms with E-state index >= 15 is 0 Å². The van der Waals surface area contributed by atoms with Gasteiger partial charge in [-0.15, -0.1) is 0 Å². The molecule has 0 fully saturated rings. The van der Waals surface area contributed by atoms with Gasteiger partial charge in [0.05, 0.1) is 9.50 Å². The molecule has 0 unspecified atom stereocenters. The molecule has 1 heterocycles. The standard InChI is InChI=1S/C16H11BrClFO5/c17-11-5-10(19)1-2-13(11)21-7-15(20)22-6-9-3-12(18)16-14(4-9)23-8-24-16/h1-5H,6-8H2. The fraction of sp³-hybridized carbons (Fsp3) is 0.188. The Labute approximate surface area is 150 Å². The minimum atomic E-state index is -0.569. The number of hydrogen-bond acceptors (Lipinski definition) is 5. The zero-order valence-corrected chi connectivity index (χ0v) is 14.5. The predicted molar refractivity (Wildman–Crippen MR) is 87.0 cm³/mol. The summed E-state index contributed by atoms with van der Waals surface area (Å²) >= 11 is 9.21. The maximum Gasteiger partial charge on any atom is 0.344 e. The van der Waals surface area contributed by atoms with Crippen LogP contribution in [0, 0.1) is 5.82 Å². The zero-order valence-electron chi connectivity index (χ0n) is 12.2. The van der Waals surface area contributed by atoms with Crippen molar-refractivity contribution in [2.75, 3.05) is 13.4 Å². The quantitative estimate of drug-likeness (QED) is 0.686. The van der Waals surface area contributed by atoms with Crippen LogP contribution in [0.25, 0.3) is 0 Å². The van der Waals surface area contributed by atoms with E-state index in [-0.39, 0.29) is 20.0 Å². The number of rotatable bonds is 5. The normalized spacial score (nSPS) is 12.1. The molecule has 1 aliphatic heterocycles. The largest absolute Gasteiger partial charge is 0.481 e. The molecule has 0 aliphatic carbocycles. The third kappa shape index (κ3) is 3.91. The molecule has 3 rings (SSSR count). The SMILES string of the molecule is O=C(COc1ccc(F)cc1Br)OCc1cc(Cl)c2c(c1)OCO2. The minimum absolute atomic E-state index is 0.0170. The van der Waals surface area contributed by atoms with Crippen molar-refractivity contribution in [3.8, 4) is 17.2 Å². The van der Waals surface area contributed by atoms with E-state index in [1.54, 1.807) is 12.1 Å². The monoisotopic (exact) mass is 416 g/mol. The van der Waals surface area contributed by atoms with E-state index < -0.39 is 11.8 Å². The van der Waals surface area contributed by atoms with Crippen LogP contribution in [0.4, 0.5) is 4.39 Å². The highest BCUT2D eigenvalue weighted by Gasteiger charge is 2.18. The van der Waals surface area contributed by atoms with Gasteiger partial charge in [0.25, 0.3) is 0 Å². The lowest BCUT2D eigenvalue weighted by molar-refractivity contribution is -0.147. The van der Waals surface area contributed by atoms with Crippen LogP contribution in [0.15, 0.2) is 34.8 Å². The molecule has 126 valence electrons. The first-order valence-electron chi connectivity index (χ1n) is 6.84. The number of fused-ring (bicyclic) bond motifs is 1. The molecule has 0 amide bonds. The first kappa shape index (κ1) is 16.9. The van der Waals surface area contributed by atoms with Crippen molar-refractivity contribution in [1.29, 1.82) is 0 Å². The van der Waals surface area contributed by atoms with Gasteiger partial charge < -0.3 is 18.9 Å². The lowest BCUT2D eigenvalue weighted by Gasteiger charge is -2.09. The van der Waals surface area contributed by atoms with E-state index in [1.807, 2.05) is 0 Å². The van der Waals surface area contributed by atoms with Gasteiger partial charge in [0.1, 0.15) is 18.2 Å². The Morgan fingerprint density at radius 1 is 1.29 bits per heavy atom. The third-order valence-electron chi connectivity index (χ3n) is 3.13. The van der Waals surface area contributed by atoms with E-state index in [0.717, 1.165) is 0 Å². The van der Waals surface area contributed by atoms with Crippen LogP contribution in [-0.4, -0.2) is 19.4 Å². The summed E-state index contributed by atoms with van der Waals surface area (Å²) in [6.07, 6.45) is 0. The van der Waals surface area contributed by atoms with Crippen molar-refractivity contribution >= 4 is 33.5 Å². The van der Waals surface area contributed by atoms with E-state index in [2.05, 4.69) is 15.9 Å². The smallest absolute Gasteiger partial charge is 0.344 e. The number of carbonyl (C=O) groups excluding carboxylic acids is 1. The predicted octanol–water partition coefficient (Wildman–Crippen LogP) is 4.09. The topological polar surface area (TPSA) is 54.0 Å². The van der Waals surface area contributed by atoms with E-state index in [0.29, 0.717) is 32.3 Å². The Morgan fingerprint density at radius 3 is 2.92 bits per heavy atom. The summed E-state index contributed by atoms with van der Waals surface area (Å²) < 4.78 is 34.2. The molecule has 2 aromatic carbocycles. The minimum Gasteiger partial charge on any atom is -0.481 e. The average molecular weight is 418 g/mol. The van der Waals surface area contributed by atoms with Crippen LogP contribution in [0.3, 0.4) is 0 Å². The lowest BCUT2D eigenvalue weighted by Crippen LogP contribution is -2.15. The van der Waals surface area contributed by atoms with Crippen molar-refractivity contribution in [2.24, 2.45) is 0 Å². The summed E-state index contributed by atoms with van der Waals surface area (Å²) in [6.45, 7) is -0.176. The van der Waals surface area contributed by atoms with Crippen molar-refractivity contribution in [2.45, 2.75) is 6.61 Å². The van der Waals surface area contributed by atoms with E-state index in [1.165, 1.54) is 18.2 Å². The fourth-order valence-electron chi connectivity index (χ4n) is 2.04. The van der Waals surface area contributed by atoms with Crippen molar-refractivity contribution in [3.63, 3.8) is 0 Å². The van der Waals surface area contributed by atoms with Crippen LogP contribution in [0.5, 0.6) is 17.2 Å². The van der Waals surface area contributed by atoms with Gasteiger partial charge in [0.2, 0.25) is 6.79 Å². The molecule has 0 spiro atoms. The maximum atomic E-state index is 13.0. The Morgan fingerprint density at radius 2 is 2.12 bits per heavy atom. The van der Waals surface area contributed by atoms with Gasteiger partial charge in [-0.2, -0.15) is 0 Å². The number of hydrogen-bond donors (Lipinski definition) is 0. The summed E-state index contributed by atoms with van der Waals surface area (Å²) in [4.78, 5) is 11.8. The Hall–Kier alpha value is -1.99. The average Bonchev–Trinajstić information content (AvgIpc) is 3.01. The highest BCUT2D eigenvalue weighted by molar-refractivity contribution is 9.10. The molecule has 0 saturated carbocycles. The third-order valence-corrected chi connectivity index (χ3v) is 4.03. The van der Waals surface area contributed by atoms with Gasteiger partial charge in [-0.05, 0) is 51.8 Å². The molecule has 8 heteroatoms. The van der Waals surface area contributed by atoms with Gasteiger partial charge in [0.15, 0.2) is 18.1 Å². The lowest BCUT2D eigenvalue weighted by atomic mass is 10.2. The first-order valence-corrected chi connectivity index (χ1v) is 8.01. The van der Waals surface area contributed by atoms with E-state index in [9.17, 15) is 9.18 Å². The summed E-state index contributed by atoms with van der Waals surface area (Å²) in [5, 5.41) is 0.391. The van der Waals surface area contributed by atoms with Crippen LogP contribution < -0.4 is 14.2 Å². The Bertz CT molecular complexity index is 783. The molecule has 24 heavy (non-hydrogen) atoms. The van der Waals surface area contributed by atoms with Crippen molar-refractivity contribution in [1.82, 2.24) is 0 Å². The molecule has 0 bridgehead atoms. The Balaban J connectivity index is 1.53. The molecular weight excluding hydrogens is 407 g/mol. The van der Waals surface area contributed by atoms with Crippen LogP contribution >= 0.6 is 27.5 Å². The van der Waals surface area contributed by atoms with Gasteiger partial charge in [-0.3, -0.25) is 0 Å². The molecule has 0 N–H and O–H groups in total. The second kappa shape index (κ2) is 7.27. The molecule has 1 aliphatic rings. The van der Waals surface area contributed by atoms with Crippen LogP contribution in [-0.2, 0) is 16.1 Å². The number of halogens is 3. The van der Waals surface area contributed by atoms with Crippen LogP contribution in [0.1, 0.15) is 5.56 Å². The second-order valence-corrected chi connectivity index (χ2v) is 6.10. The molecule has 0 aromatic heterocycles. The molecule has 0 radical (unpaired) electrons. The number of benzene rings is 2. The van der Waals surface area contributed by atoms with Crippen molar-refractivity contribution < 1.29 is 28.1 Å². The highest BCUT2D eigenvalue weighted by Crippen LogP contribution is 2.39. The zero-order chi connectivity index (χ0) is 17.1. The van der Waals surface area contributed by atoms with E-state index in [4.69, 9.17) is 30.5 Å². The van der Waals surface area contributed by atoms with Gasteiger partial charge in [-0.25, -0.2) is 9.18 Å². The highest BCUT2D eigenvalue weighted by atomic mass is 79.9. The molecule has 0 atom stereocenters. The summed E-state index contributed by atoms with van der Waals surface area (Å²) in [7, 11) is 0. The number of ether oxygens (including phenoxy) is 4. The summed E-state index contributed by atoms with van der Waals surface area (Å²) in [5.74, 6) is 0.368. The molecule has 2 aromatic rings. The summed E-state index contributed by atoms with van der Waals surface area (Å²) in [5.41, 5.74) is 0.667. The first-order chi connectivity index (χ1) is 11.5. The Kier molecular flexibility index (Phi) is 5.11. The number of esters is 1. The van der Waals surface area contributed by atoms with Crippen LogP contribution in [0.2, 0.25) is 5.02 Å². The molecule has 0 saturated heterocycles. The van der Waals surface area contributed by atoms with Gasteiger partial charge in [-0.1, -0.05) is 11.6 Å². The molecular formula is C16H11BrClFO5. The van der Waals surface area contributed by atoms with Crippen molar-refractivity contribution in [3.05, 3.63) is 51.2 Å². The van der Waals surface area contributed by atoms with Gasteiger partial charge >= 0.3 is 5.97 Å². The summed E-state index contributed by atoms with van der Waals surface area (Å²) in [6, 6.07) is 7.23. The number of carbonyl (C=O) groups is 1.